The van der Waals surface area contributed by atoms with Gasteiger partial charge >= 0.3 is 0 Å². The molecule has 0 N–H and O–H groups in total. The fourth-order valence-electron chi connectivity index (χ4n) is 4.35. The summed E-state index contributed by atoms with van der Waals surface area (Å²) in [6.07, 6.45) is 0.845. The lowest BCUT2D eigenvalue weighted by molar-refractivity contribution is 0.127. The summed E-state index contributed by atoms with van der Waals surface area (Å²) in [6, 6.07) is 17.5. The smallest absolute Gasteiger partial charge is 0.137 e. The molecule has 5 heteroatoms. The van der Waals surface area contributed by atoms with Gasteiger partial charge in [-0.25, -0.2) is 0 Å². The molecular weight excluding hydrogens is 388 g/mol. The highest BCUT2D eigenvalue weighted by atomic mass is 16.5. The molecule has 0 aliphatic carbocycles. The zero-order valence-electron chi connectivity index (χ0n) is 18.9. The number of aromatic nitrogens is 1. The first-order valence-electron chi connectivity index (χ1n) is 10.9. The van der Waals surface area contributed by atoms with Crippen LogP contribution in [0.4, 0.5) is 0 Å². The summed E-state index contributed by atoms with van der Waals surface area (Å²) in [5.74, 6) is 2.19. The monoisotopic (exact) mass is 420 g/mol. The standard InChI is InChI=1S/C26H32N2O3/c1-18-5-6-22(11-19(18)2)15-28(14-21-7-9-24(29-4)10-8-21)26-17-30-16-23(26)13-25-12-20(3)27-31-25/h5-12,23,26H,13-17H2,1-4H3/t23-,26-/m1/s1. The van der Waals surface area contributed by atoms with E-state index >= 15 is 0 Å². The molecule has 0 amide bonds. The van der Waals surface area contributed by atoms with Gasteiger partial charge in [0.05, 0.1) is 26.0 Å². The highest BCUT2D eigenvalue weighted by Crippen LogP contribution is 2.28. The van der Waals surface area contributed by atoms with Crippen molar-refractivity contribution >= 4 is 0 Å². The first kappa shape index (κ1) is 21.6. The Labute approximate surface area is 185 Å². The normalized spacial score (nSPS) is 18.6. The van der Waals surface area contributed by atoms with Gasteiger partial charge in [0.2, 0.25) is 0 Å². The average Bonchev–Trinajstić information content (AvgIpc) is 3.40. The van der Waals surface area contributed by atoms with E-state index < -0.39 is 0 Å². The molecule has 2 heterocycles. The van der Waals surface area contributed by atoms with Crippen molar-refractivity contribution in [2.45, 2.75) is 46.3 Å². The van der Waals surface area contributed by atoms with Gasteiger partial charge in [-0.05, 0) is 55.2 Å². The SMILES string of the molecule is COc1ccc(CN(Cc2ccc(C)c(C)c2)[C@@H]2COC[C@H]2Cc2cc(C)no2)cc1. The van der Waals surface area contributed by atoms with Crippen LogP contribution in [0.25, 0.3) is 0 Å². The van der Waals surface area contributed by atoms with E-state index in [1.807, 2.05) is 25.1 Å². The van der Waals surface area contributed by atoms with E-state index in [2.05, 4.69) is 54.2 Å². The minimum atomic E-state index is 0.314. The fourth-order valence-corrected chi connectivity index (χ4v) is 4.35. The molecule has 31 heavy (non-hydrogen) atoms. The Hall–Kier alpha value is -2.63. The minimum absolute atomic E-state index is 0.314. The van der Waals surface area contributed by atoms with E-state index in [0.717, 1.165) is 49.9 Å². The van der Waals surface area contributed by atoms with E-state index in [-0.39, 0.29) is 0 Å². The van der Waals surface area contributed by atoms with Gasteiger partial charge in [-0.1, -0.05) is 35.5 Å². The number of nitrogens with zero attached hydrogens (tertiary/aromatic N) is 2. The predicted molar refractivity (Wildman–Crippen MR) is 121 cm³/mol. The van der Waals surface area contributed by atoms with Gasteiger partial charge in [0, 0.05) is 37.5 Å². The van der Waals surface area contributed by atoms with Crippen LogP contribution >= 0.6 is 0 Å². The molecule has 5 nitrogen and oxygen atoms in total. The molecule has 1 aliphatic heterocycles. The van der Waals surface area contributed by atoms with Crippen molar-refractivity contribution < 1.29 is 14.0 Å². The third kappa shape index (κ3) is 5.35. The Morgan fingerprint density at radius 2 is 1.68 bits per heavy atom. The van der Waals surface area contributed by atoms with E-state index in [1.54, 1.807) is 7.11 Å². The number of methoxy groups -OCH3 is 1. The van der Waals surface area contributed by atoms with Crippen molar-refractivity contribution in [3.63, 3.8) is 0 Å². The van der Waals surface area contributed by atoms with Crippen LogP contribution in [0.3, 0.4) is 0 Å². The molecule has 2 aromatic carbocycles. The summed E-state index contributed by atoms with van der Waals surface area (Å²) in [6.45, 7) is 9.53. The van der Waals surface area contributed by atoms with Crippen molar-refractivity contribution in [1.29, 1.82) is 0 Å². The second kappa shape index (κ2) is 9.67. The number of aryl methyl sites for hydroxylation is 3. The van der Waals surface area contributed by atoms with Crippen LogP contribution in [-0.2, 0) is 24.2 Å². The topological polar surface area (TPSA) is 47.7 Å². The van der Waals surface area contributed by atoms with Gasteiger partial charge in [0.15, 0.2) is 0 Å². The second-order valence-electron chi connectivity index (χ2n) is 8.68. The number of hydrogen-bond donors (Lipinski definition) is 0. The van der Waals surface area contributed by atoms with Crippen LogP contribution in [0.2, 0.25) is 0 Å². The number of rotatable bonds is 8. The Morgan fingerprint density at radius 1 is 0.935 bits per heavy atom. The molecule has 0 saturated carbocycles. The Balaban J connectivity index is 1.57. The molecule has 2 atom stereocenters. The number of ether oxygens (including phenoxy) is 2. The molecule has 1 saturated heterocycles. The lowest BCUT2D eigenvalue weighted by atomic mass is 9.95. The van der Waals surface area contributed by atoms with Crippen molar-refractivity contribution in [2.24, 2.45) is 5.92 Å². The largest absolute Gasteiger partial charge is 0.497 e. The molecule has 0 unspecified atom stereocenters. The van der Waals surface area contributed by atoms with Crippen molar-refractivity contribution in [3.05, 3.63) is 82.2 Å². The predicted octanol–water partition coefficient (Wildman–Crippen LogP) is 4.87. The van der Waals surface area contributed by atoms with E-state index in [0.29, 0.717) is 12.0 Å². The lowest BCUT2D eigenvalue weighted by Gasteiger charge is -2.32. The summed E-state index contributed by atoms with van der Waals surface area (Å²) < 4.78 is 16.8. The summed E-state index contributed by atoms with van der Waals surface area (Å²) >= 11 is 0. The summed E-state index contributed by atoms with van der Waals surface area (Å²) in [4.78, 5) is 2.55. The molecule has 164 valence electrons. The van der Waals surface area contributed by atoms with Crippen molar-refractivity contribution in [3.8, 4) is 5.75 Å². The van der Waals surface area contributed by atoms with E-state index in [1.165, 1.54) is 22.3 Å². The van der Waals surface area contributed by atoms with Crippen LogP contribution < -0.4 is 4.74 Å². The third-order valence-electron chi connectivity index (χ3n) is 6.28. The maximum Gasteiger partial charge on any atom is 0.137 e. The van der Waals surface area contributed by atoms with Crippen LogP contribution in [0.15, 0.2) is 53.1 Å². The lowest BCUT2D eigenvalue weighted by Crippen LogP contribution is -2.40. The molecular formula is C26H32N2O3. The van der Waals surface area contributed by atoms with Gasteiger partial charge in [-0.3, -0.25) is 4.90 Å². The van der Waals surface area contributed by atoms with Crippen LogP contribution in [0, 0.1) is 26.7 Å². The highest BCUT2D eigenvalue weighted by Gasteiger charge is 2.34. The average molecular weight is 421 g/mol. The van der Waals surface area contributed by atoms with Gasteiger partial charge < -0.3 is 14.0 Å². The molecule has 4 rings (SSSR count). The zero-order chi connectivity index (χ0) is 21.8. The molecule has 1 fully saturated rings. The maximum atomic E-state index is 5.96. The quantitative estimate of drug-likeness (QED) is 0.520. The van der Waals surface area contributed by atoms with Gasteiger partial charge in [-0.15, -0.1) is 0 Å². The summed E-state index contributed by atoms with van der Waals surface area (Å²) in [5, 5.41) is 4.06. The molecule has 1 aromatic heterocycles. The Kier molecular flexibility index (Phi) is 6.73. The zero-order valence-corrected chi connectivity index (χ0v) is 18.9. The van der Waals surface area contributed by atoms with Gasteiger partial charge in [0.25, 0.3) is 0 Å². The van der Waals surface area contributed by atoms with E-state index in [4.69, 9.17) is 14.0 Å². The molecule has 0 radical (unpaired) electrons. The van der Waals surface area contributed by atoms with Crippen molar-refractivity contribution in [1.82, 2.24) is 10.1 Å². The second-order valence-corrected chi connectivity index (χ2v) is 8.68. The third-order valence-corrected chi connectivity index (χ3v) is 6.28. The van der Waals surface area contributed by atoms with Crippen molar-refractivity contribution in [2.75, 3.05) is 20.3 Å². The highest BCUT2D eigenvalue weighted by molar-refractivity contribution is 5.30. The van der Waals surface area contributed by atoms with Crippen LogP contribution in [0.1, 0.15) is 33.7 Å². The van der Waals surface area contributed by atoms with Crippen LogP contribution in [-0.4, -0.2) is 36.4 Å². The van der Waals surface area contributed by atoms with Crippen LogP contribution in [0.5, 0.6) is 5.75 Å². The maximum absolute atomic E-state index is 5.96. The summed E-state index contributed by atoms with van der Waals surface area (Å²) in [7, 11) is 1.70. The Morgan fingerprint density at radius 3 is 2.35 bits per heavy atom. The first-order chi connectivity index (χ1) is 15.0. The Bertz CT molecular complexity index is 996. The number of benzene rings is 2. The molecule has 0 bridgehead atoms. The minimum Gasteiger partial charge on any atom is -0.497 e. The molecule has 1 aliphatic rings. The van der Waals surface area contributed by atoms with Gasteiger partial charge in [-0.2, -0.15) is 0 Å². The first-order valence-corrected chi connectivity index (χ1v) is 10.9. The van der Waals surface area contributed by atoms with Gasteiger partial charge in [0.1, 0.15) is 11.5 Å². The summed E-state index contributed by atoms with van der Waals surface area (Å²) in [5.41, 5.74) is 6.19. The molecule has 3 aromatic rings. The van der Waals surface area contributed by atoms with E-state index in [9.17, 15) is 0 Å². The molecule has 0 spiro atoms. The fraction of sp³-hybridized carbons (Fsp3) is 0.423. The number of hydrogen-bond acceptors (Lipinski definition) is 5.